The van der Waals surface area contributed by atoms with Crippen LogP contribution in [0.4, 0.5) is 0 Å². The van der Waals surface area contributed by atoms with Gasteiger partial charge in [-0.3, -0.25) is 4.79 Å². The lowest BCUT2D eigenvalue weighted by Gasteiger charge is -2.06. The molecule has 1 unspecified atom stereocenters. The van der Waals surface area contributed by atoms with Gasteiger partial charge >= 0.3 is 0 Å². The molecule has 0 amide bonds. The van der Waals surface area contributed by atoms with Crippen LogP contribution >= 0.6 is 0 Å². The summed E-state index contributed by atoms with van der Waals surface area (Å²) >= 11 is 0. The maximum atomic E-state index is 10.7. The molecule has 1 aliphatic rings. The Bertz CT molecular complexity index is 193. The lowest BCUT2D eigenvalue weighted by Crippen LogP contribution is -1.94. The number of carbonyl (C=O) groups is 1. The fraction of sp³-hybridized carbons (Fsp3) is 0.750. The summed E-state index contributed by atoms with van der Waals surface area (Å²) in [5, 5.41) is 0. The Balaban J connectivity index is 2.28. The van der Waals surface area contributed by atoms with Crippen LogP contribution in [0.2, 0.25) is 0 Å². The van der Waals surface area contributed by atoms with Crippen molar-refractivity contribution in [3.8, 4) is 0 Å². The normalized spacial score (nSPS) is 28.5. The van der Waals surface area contributed by atoms with Gasteiger partial charge in [-0.25, -0.2) is 0 Å². The van der Waals surface area contributed by atoms with Crippen molar-refractivity contribution in [3.63, 3.8) is 0 Å². The maximum Gasteiger partial charge on any atom is 0.152 e. The van der Waals surface area contributed by atoms with Crippen LogP contribution in [0.5, 0.6) is 0 Å². The quantitative estimate of drug-likeness (QED) is 0.606. The molecule has 0 heterocycles. The van der Waals surface area contributed by atoms with E-state index in [0.717, 1.165) is 5.92 Å². The van der Waals surface area contributed by atoms with Crippen molar-refractivity contribution in [1.82, 2.24) is 0 Å². The SMILES string of the molecule is CCCC1CC[C@@H](/C=C/C(C)=O)C1. The molecule has 74 valence electrons. The van der Waals surface area contributed by atoms with E-state index in [2.05, 4.69) is 13.0 Å². The molecule has 1 heteroatoms. The first-order valence-electron chi connectivity index (χ1n) is 5.41. The van der Waals surface area contributed by atoms with Crippen LogP contribution in [0.25, 0.3) is 0 Å². The second kappa shape index (κ2) is 5.21. The Morgan fingerprint density at radius 1 is 1.46 bits per heavy atom. The average Bonchev–Trinajstić information content (AvgIpc) is 2.50. The van der Waals surface area contributed by atoms with Crippen molar-refractivity contribution in [2.45, 2.75) is 46.0 Å². The predicted molar refractivity (Wildman–Crippen MR) is 55.6 cm³/mol. The van der Waals surface area contributed by atoms with Gasteiger partial charge in [-0.2, -0.15) is 0 Å². The van der Waals surface area contributed by atoms with Crippen molar-refractivity contribution < 1.29 is 4.79 Å². The van der Waals surface area contributed by atoms with E-state index in [1.807, 2.05) is 0 Å². The van der Waals surface area contributed by atoms with Crippen LogP contribution in [0.1, 0.15) is 46.0 Å². The summed E-state index contributed by atoms with van der Waals surface area (Å²) in [5.74, 6) is 1.78. The van der Waals surface area contributed by atoms with E-state index in [9.17, 15) is 4.79 Å². The molecule has 13 heavy (non-hydrogen) atoms. The van der Waals surface area contributed by atoms with Crippen LogP contribution in [0, 0.1) is 11.8 Å². The van der Waals surface area contributed by atoms with Gasteiger partial charge in [-0.05, 0) is 44.1 Å². The van der Waals surface area contributed by atoms with Gasteiger partial charge < -0.3 is 0 Å². The average molecular weight is 180 g/mol. The lowest BCUT2D eigenvalue weighted by atomic mass is 10.00. The number of hydrogen-bond donors (Lipinski definition) is 0. The molecule has 1 nitrogen and oxygen atoms in total. The van der Waals surface area contributed by atoms with Crippen molar-refractivity contribution in [3.05, 3.63) is 12.2 Å². The Morgan fingerprint density at radius 3 is 2.85 bits per heavy atom. The molecular weight excluding hydrogens is 160 g/mol. The molecule has 0 spiro atoms. The first-order valence-corrected chi connectivity index (χ1v) is 5.41. The number of ketones is 1. The van der Waals surface area contributed by atoms with E-state index in [1.54, 1.807) is 13.0 Å². The molecule has 0 aliphatic heterocycles. The predicted octanol–water partition coefficient (Wildman–Crippen LogP) is 3.35. The Kier molecular flexibility index (Phi) is 4.20. The topological polar surface area (TPSA) is 17.1 Å². The zero-order valence-corrected chi connectivity index (χ0v) is 8.75. The summed E-state index contributed by atoms with van der Waals surface area (Å²) in [4.78, 5) is 10.7. The van der Waals surface area contributed by atoms with Gasteiger partial charge in [-0.15, -0.1) is 0 Å². The molecule has 0 N–H and O–H groups in total. The first kappa shape index (κ1) is 10.5. The minimum Gasteiger partial charge on any atom is -0.295 e. The minimum atomic E-state index is 0.180. The van der Waals surface area contributed by atoms with Gasteiger partial charge in [0.15, 0.2) is 5.78 Å². The van der Waals surface area contributed by atoms with Crippen molar-refractivity contribution in [1.29, 1.82) is 0 Å². The van der Waals surface area contributed by atoms with E-state index in [-0.39, 0.29) is 5.78 Å². The van der Waals surface area contributed by atoms with Gasteiger partial charge in [0.1, 0.15) is 0 Å². The highest BCUT2D eigenvalue weighted by Gasteiger charge is 2.21. The fourth-order valence-electron chi connectivity index (χ4n) is 2.23. The molecule has 1 rings (SSSR count). The summed E-state index contributed by atoms with van der Waals surface area (Å²) in [5.41, 5.74) is 0. The van der Waals surface area contributed by atoms with Gasteiger partial charge in [0.25, 0.3) is 0 Å². The third-order valence-electron chi connectivity index (χ3n) is 2.88. The number of allylic oxidation sites excluding steroid dienone is 2. The molecule has 0 saturated heterocycles. The number of carbonyl (C=O) groups excluding carboxylic acids is 1. The highest BCUT2D eigenvalue weighted by atomic mass is 16.1. The van der Waals surface area contributed by atoms with E-state index in [1.165, 1.54) is 32.1 Å². The van der Waals surface area contributed by atoms with Crippen LogP contribution in [-0.2, 0) is 4.79 Å². The van der Waals surface area contributed by atoms with E-state index in [4.69, 9.17) is 0 Å². The highest BCUT2D eigenvalue weighted by Crippen LogP contribution is 2.34. The van der Waals surface area contributed by atoms with E-state index in [0.29, 0.717) is 5.92 Å². The molecule has 2 atom stereocenters. The Morgan fingerprint density at radius 2 is 2.23 bits per heavy atom. The van der Waals surface area contributed by atoms with Gasteiger partial charge in [0, 0.05) is 0 Å². The Labute approximate surface area is 81.2 Å². The van der Waals surface area contributed by atoms with Gasteiger partial charge in [-0.1, -0.05) is 25.8 Å². The monoisotopic (exact) mass is 180 g/mol. The minimum absolute atomic E-state index is 0.180. The second-order valence-corrected chi connectivity index (χ2v) is 4.20. The molecule has 0 bridgehead atoms. The van der Waals surface area contributed by atoms with Crippen molar-refractivity contribution in [2.24, 2.45) is 11.8 Å². The number of hydrogen-bond acceptors (Lipinski definition) is 1. The zero-order chi connectivity index (χ0) is 9.68. The third-order valence-corrected chi connectivity index (χ3v) is 2.88. The highest BCUT2D eigenvalue weighted by molar-refractivity contribution is 5.87. The molecule has 0 aromatic rings. The van der Waals surface area contributed by atoms with Crippen LogP contribution < -0.4 is 0 Å². The zero-order valence-electron chi connectivity index (χ0n) is 8.75. The largest absolute Gasteiger partial charge is 0.295 e. The fourth-order valence-corrected chi connectivity index (χ4v) is 2.23. The van der Waals surface area contributed by atoms with Gasteiger partial charge in [0.2, 0.25) is 0 Å². The number of rotatable bonds is 4. The summed E-state index contributed by atoms with van der Waals surface area (Å²) in [6.45, 7) is 3.87. The van der Waals surface area contributed by atoms with E-state index >= 15 is 0 Å². The van der Waals surface area contributed by atoms with E-state index < -0.39 is 0 Å². The molecule has 0 aromatic carbocycles. The third kappa shape index (κ3) is 3.75. The van der Waals surface area contributed by atoms with Crippen molar-refractivity contribution in [2.75, 3.05) is 0 Å². The second-order valence-electron chi connectivity index (χ2n) is 4.20. The molecular formula is C12H20O. The summed E-state index contributed by atoms with van der Waals surface area (Å²) in [7, 11) is 0. The van der Waals surface area contributed by atoms with Crippen LogP contribution in [0.3, 0.4) is 0 Å². The van der Waals surface area contributed by atoms with Crippen LogP contribution in [-0.4, -0.2) is 5.78 Å². The smallest absolute Gasteiger partial charge is 0.152 e. The van der Waals surface area contributed by atoms with Crippen molar-refractivity contribution >= 4 is 5.78 Å². The molecule has 1 aliphatic carbocycles. The standard InChI is InChI=1S/C12H20O/c1-3-4-11-7-8-12(9-11)6-5-10(2)13/h5-6,11-12H,3-4,7-9H2,1-2H3/b6-5+/t11?,12-/m1/s1. The summed E-state index contributed by atoms with van der Waals surface area (Å²) in [6, 6.07) is 0. The summed E-state index contributed by atoms with van der Waals surface area (Å²) in [6.07, 6.45) is 10.5. The maximum absolute atomic E-state index is 10.7. The molecule has 1 fully saturated rings. The first-order chi connectivity index (χ1) is 6.22. The lowest BCUT2D eigenvalue weighted by molar-refractivity contribution is -0.112. The van der Waals surface area contributed by atoms with Gasteiger partial charge in [0.05, 0.1) is 0 Å². The molecule has 0 aromatic heterocycles. The molecule has 0 radical (unpaired) electrons. The van der Waals surface area contributed by atoms with Crippen LogP contribution in [0.15, 0.2) is 12.2 Å². The summed E-state index contributed by atoms with van der Waals surface area (Å²) < 4.78 is 0. The Hall–Kier alpha value is -0.590. The molecule has 1 saturated carbocycles.